The Morgan fingerprint density at radius 1 is 1.09 bits per heavy atom. The maximum Gasteiger partial charge on any atom is 0.335 e. The Morgan fingerprint density at radius 2 is 1.82 bits per heavy atom. The van der Waals surface area contributed by atoms with Gasteiger partial charge in [0.1, 0.15) is 18.1 Å². The predicted molar refractivity (Wildman–Crippen MR) is 124 cm³/mol. The molecule has 0 unspecified atom stereocenters. The van der Waals surface area contributed by atoms with Crippen LogP contribution in [0.4, 0.5) is 4.79 Å². The third kappa shape index (κ3) is 5.03. The lowest BCUT2D eigenvalue weighted by Gasteiger charge is -2.22. The van der Waals surface area contributed by atoms with Crippen LogP contribution in [0, 0.1) is 6.92 Å². The number of carbonyl (C=O) groups is 4. The molecule has 0 spiro atoms. The minimum absolute atomic E-state index is 0.142. The predicted octanol–water partition coefficient (Wildman–Crippen LogP) is 4.39. The number of hydrogen-bond donors (Lipinski definition) is 1. The molecule has 3 heterocycles. The van der Waals surface area contributed by atoms with Crippen molar-refractivity contribution < 1.29 is 28.7 Å². The average molecular weight is 469 g/mol. The van der Waals surface area contributed by atoms with Crippen molar-refractivity contribution in [1.82, 2.24) is 9.80 Å². The number of amides is 3. The zero-order valence-corrected chi connectivity index (χ0v) is 19.0. The number of rotatable bonds is 5. The summed E-state index contributed by atoms with van der Waals surface area (Å²) in [6.07, 6.45) is 5.51. The van der Waals surface area contributed by atoms with E-state index in [0.717, 1.165) is 47.9 Å². The first kappa shape index (κ1) is 22.8. The summed E-state index contributed by atoms with van der Waals surface area (Å²) in [5, 5.41) is 8.76. The topological polar surface area (TPSA) is 108 Å². The van der Waals surface area contributed by atoms with Crippen LogP contribution < -0.4 is 0 Å². The molecule has 2 aromatic rings. The van der Waals surface area contributed by atoms with Crippen molar-refractivity contribution in [1.29, 1.82) is 0 Å². The molecular weight excluding hydrogens is 444 g/mol. The third-order valence-electron chi connectivity index (χ3n) is 5.78. The number of aryl methyl sites for hydroxylation is 1. The van der Waals surface area contributed by atoms with Crippen molar-refractivity contribution in [3.63, 3.8) is 0 Å². The summed E-state index contributed by atoms with van der Waals surface area (Å²) in [5.41, 5.74) is 1.61. The largest absolute Gasteiger partial charge is 0.478 e. The number of carbonyl (C=O) groups excluding carboxylic acids is 3. The number of furan rings is 1. The van der Waals surface area contributed by atoms with E-state index in [1.54, 1.807) is 23.1 Å². The molecule has 172 valence electrons. The lowest BCUT2D eigenvalue weighted by molar-refractivity contribution is -0.135. The first-order valence-electron chi connectivity index (χ1n) is 10.8. The quantitative estimate of drug-likeness (QED) is 0.648. The van der Waals surface area contributed by atoms with Gasteiger partial charge >= 0.3 is 5.97 Å². The zero-order valence-electron chi connectivity index (χ0n) is 18.2. The van der Waals surface area contributed by atoms with E-state index in [1.165, 1.54) is 18.2 Å². The fourth-order valence-corrected chi connectivity index (χ4v) is 4.73. The van der Waals surface area contributed by atoms with Crippen molar-refractivity contribution in [2.75, 3.05) is 19.6 Å². The Balaban J connectivity index is 1.49. The van der Waals surface area contributed by atoms with E-state index >= 15 is 0 Å². The highest BCUT2D eigenvalue weighted by molar-refractivity contribution is 8.18. The van der Waals surface area contributed by atoms with Gasteiger partial charge < -0.3 is 14.4 Å². The van der Waals surface area contributed by atoms with Crippen molar-refractivity contribution in [2.45, 2.75) is 32.6 Å². The maximum atomic E-state index is 12.8. The highest BCUT2D eigenvalue weighted by atomic mass is 32.2. The van der Waals surface area contributed by atoms with E-state index in [1.807, 2.05) is 6.92 Å². The van der Waals surface area contributed by atoms with E-state index in [0.29, 0.717) is 30.2 Å². The molecule has 8 nitrogen and oxygen atoms in total. The molecule has 2 fully saturated rings. The van der Waals surface area contributed by atoms with Gasteiger partial charge in [-0.05, 0) is 61.4 Å². The van der Waals surface area contributed by atoms with Crippen LogP contribution in [0.2, 0.25) is 0 Å². The summed E-state index contributed by atoms with van der Waals surface area (Å²) in [6, 6.07) is 8.09. The Bertz CT molecular complexity index is 1140. The van der Waals surface area contributed by atoms with Crippen LogP contribution in [-0.4, -0.2) is 57.6 Å². The van der Waals surface area contributed by atoms with E-state index in [-0.39, 0.29) is 22.9 Å². The van der Waals surface area contributed by atoms with Crippen molar-refractivity contribution in [3.8, 4) is 11.3 Å². The number of carboxylic acids is 1. The Morgan fingerprint density at radius 3 is 2.52 bits per heavy atom. The summed E-state index contributed by atoms with van der Waals surface area (Å²) in [4.78, 5) is 52.0. The third-order valence-corrected chi connectivity index (χ3v) is 6.68. The number of thioether (sulfide) groups is 1. The van der Waals surface area contributed by atoms with Crippen LogP contribution in [-0.2, 0) is 9.59 Å². The number of imide groups is 1. The maximum absolute atomic E-state index is 12.8. The molecule has 2 aliphatic rings. The minimum atomic E-state index is -1.04. The summed E-state index contributed by atoms with van der Waals surface area (Å²) in [5.74, 6) is -0.956. The van der Waals surface area contributed by atoms with Crippen LogP contribution in [0.1, 0.15) is 47.4 Å². The molecule has 2 saturated heterocycles. The van der Waals surface area contributed by atoms with Gasteiger partial charge in [0, 0.05) is 24.7 Å². The number of hydrogen-bond acceptors (Lipinski definition) is 6. The van der Waals surface area contributed by atoms with E-state index < -0.39 is 17.1 Å². The van der Waals surface area contributed by atoms with Crippen LogP contribution >= 0.6 is 11.8 Å². The fourth-order valence-electron chi connectivity index (χ4n) is 3.92. The number of aromatic carboxylic acids is 1. The molecule has 1 aromatic heterocycles. The molecule has 33 heavy (non-hydrogen) atoms. The standard InChI is InChI=1S/C24H24N2O6S/c1-15-6-7-16(23(29)30)12-18(15)19-9-8-17(32-19)13-20-22(28)26(24(31)33-20)14-21(27)25-10-4-2-3-5-11-25/h6-9,12-13H,2-5,10-11,14H2,1H3,(H,29,30). The second-order valence-electron chi connectivity index (χ2n) is 8.10. The first-order chi connectivity index (χ1) is 15.8. The van der Waals surface area contributed by atoms with Gasteiger partial charge in [-0.3, -0.25) is 19.3 Å². The molecule has 0 bridgehead atoms. The number of likely N-dealkylation sites (tertiary alicyclic amines) is 1. The van der Waals surface area contributed by atoms with E-state index in [4.69, 9.17) is 4.42 Å². The molecule has 4 rings (SSSR count). The highest BCUT2D eigenvalue weighted by Crippen LogP contribution is 2.34. The molecular formula is C24H24N2O6S. The summed E-state index contributed by atoms with van der Waals surface area (Å²) >= 11 is 0.774. The second-order valence-corrected chi connectivity index (χ2v) is 9.09. The van der Waals surface area contributed by atoms with Gasteiger partial charge in [0.05, 0.1) is 10.5 Å². The Hall–Kier alpha value is -3.33. The van der Waals surface area contributed by atoms with Crippen LogP contribution in [0.25, 0.3) is 17.4 Å². The molecule has 0 aliphatic carbocycles. The number of nitrogens with zero attached hydrogens (tertiary/aromatic N) is 2. The average Bonchev–Trinajstić information content (AvgIpc) is 3.21. The molecule has 2 aliphatic heterocycles. The molecule has 0 atom stereocenters. The van der Waals surface area contributed by atoms with Gasteiger partial charge in [-0.25, -0.2) is 4.79 Å². The molecule has 0 saturated carbocycles. The highest BCUT2D eigenvalue weighted by Gasteiger charge is 2.37. The molecule has 3 amide bonds. The van der Waals surface area contributed by atoms with Gasteiger partial charge in [0.25, 0.3) is 11.1 Å². The monoisotopic (exact) mass is 468 g/mol. The van der Waals surface area contributed by atoms with Crippen molar-refractivity contribution in [3.05, 3.63) is 52.1 Å². The van der Waals surface area contributed by atoms with Gasteiger partial charge in [0.15, 0.2) is 0 Å². The van der Waals surface area contributed by atoms with Crippen LogP contribution in [0.5, 0.6) is 0 Å². The second kappa shape index (κ2) is 9.66. The molecule has 1 aromatic carbocycles. The molecule has 1 N–H and O–H groups in total. The summed E-state index contributed by atoms with van der Waals surface area (Å²) in [6.45, 7) is 2.90. The van der Waals surface area contributed by atoms with Gasteiger partial charge in [0.2, 0.25) is 5.91 Å². The Labute approximate surface area is 195 Å². The SMILES string of the molecule is Cc1ccc(C(=O)O)cc1-c1ccc(C=C2SC(=O)N(CC(=O)N3CCCCCC3)C2=O)o1. The van der Waals surface area contributed by atoms with Crippen molar-refractivity contribution in [2.24, 2.45) is 0 Å². The van der Waals surface area contributed by atoms with E-state index in [2.05, 4.69) is 0 Å². The van der Waals surface area contributed by atoms with Crippen LogP contribution in [0.3, 0.4) is 0 Å². The molecule has 0 radical (unpaired) electrons. The van der Waals surface area contributed by atoms with E-state index in [9.17, 15) is 24.3 Å². The first-order valence-corrected chi connectivity index (χ1v) is 11.6. The lowest BCUT2D eigenvalue weighted by Crippen LogP contribution is -2.42. The smallest absolute Gasteiger partial charge is 0.335 e. The number of benzene rings is 1. The van der Waals surface area contributed by atoms with Crippen molar-refractivity contribution >= 4 is 40.9 Å². The Kier molecular flexibility index (Phi) is 6.69. The minimum Gasteiger partial charge on any atom is -0.478 e. The number of carboxylic acid groups (broad SMARTS) is 1. The van der Waals surface area contributed by atoms with Gasteiger partial charge in [-0.2, -0.15) is 0 Å². The normalized spacial score (nSPS) is 18.2. The molecule has 9 heteroatoms. The summed E-state index contributed by atoms with van der Waals surface area (Å²) < 4.78 is 5.82. The van der Waals surface area contributed by atoms with Gasteiger partial charge in [-0.15, -0.1) is 0 Å². The fraction of sp³-hybridized carbons (Fsp3) is 0.333. The van der Waals surface area contributed by atoms with Crippen LogP contribution in [0.15, 0.2) is 39.7 Å². The van der Waals surface area contributed by atoms with Gasteiger partial charge in [-0.1, -0.05) is 18.9 Å². The summed E-state index contributed by atoms with van der Waals surface area (Å²) in [7, 11) is 0. The lowest BCUT2D eigenvalue weighted by atomic mass is 10.0. The zero-order chi connectivity index (χ0) is 23.5.